The van der Waals surface area contributed by atoms with Crippen LogP contribution < -0.4 is 4.74 Å². The maximum atomic E-state index is 13.1. The Labute approximate surface area is 89.2 Å². The molecular weight excluding hydrogens is 289 g/mol. The molecule has 1 aromatic carbocycles. The van der Waals surface area contributed by atoms with Gasteiger partial charge in [0.25, 0.3) is 0 Å². The van der Waals surface area contributed by atoms with Gasteiger partial charge in [-0.05, 0) is 48.6 Å². The summed E-state index contributed by atoms with van der Waals surface area (Å²) >= 11 is 1.85. The van der Waals surface area contributed by atoms with Crippen molar-refractivity contribution in [2.75, 3.05) is 0 Å². The topological polar surface area (TPSA) is 9.23 Å². The molecule has 0 aliphatic rings. The molecule has 0 unspecified atom stereocenters. The zero-order valence-electron chi connectivity index (χ0n) is 7.27. The average molecular weight is 298 g/mol. The van der Waals surface area contributed by atoms with Crippen molar-refractivity contribution >= 4 is 22.6 Å². The lowest BCUT2D eigenvalue weighted by Gasteiger charge is -2.11. The first kappa shape index (κ1) is 10.7. The Balaban J connectivity index is 3.06. The first-order valence-corrected chi connectivity index (χ1v) is 4.89. The van der Waals surface area contributed by atoms with Crippen molar-refractivity contribution in [3.63, 3.8) is 0 Å². The van der Waals surface area contributed by atoms with Crippen LogP contribution in [0.2, 0.25) is 0 Å². The normalized spacial score (nSPS) is 10.6. The van der Waals surface area contributed by atoms with Crippen LogP contribution in [0.25, 0.3) is 0 Å². The standard InChI is InChI=1S/C9H9F2IO/c1-5(2)13-9-7(10)3-6(12)4-8(9)11/h3-5H,1-2H3. The summed E-state index contributed by atoms with van der Waals surface area (Å²) in [5, 5.41) is 0. The highest BCUT2D eigenvalue weighted by atomic mass is 127. The molecule has 0 aliphatic heterocycles. The number of hydrogen-bond donors (Lipinski definition) is 0. The molecule has 72 valence electrons. The van der Waals surface area contributed by atoms with Gasteiger partial charge in [-0.2, -0.15) is 0 Å². The van der Waals surface area contributed by atoms with Crippen LogP contribution in [0.15, 0.2) is 12.1 Å². The highest BCUT2D eigenvalue weighted by Gasteiger charge is 2.12. The van der Waals surface area contributed by atoms with Crippen LogP contribution in [0.1, 0.15) is 13.8 Å². The summed E-state index contributed by atoms with van der Waals surface area (Å²) in [5.41, 5.74) is 0. The van der Waals surface area contributed by atoms with Gasteiger partial charge in [-0.25, -0.2) is 8.78 Å². The molecule has 1 aromatic rings. The molecule has 0 atom stereocenters. The Morgan fingerprint density at radius 3 is 2.08 bits per heavy atom. The molecular formula is C9H9F2IO. The number of ether oxygens (including phenoxy) is 1. The van der Waals surface area contributed by atoms with Crippen LogP contribution in [-0.2, 0) is 0 Å². The third kappa shape index (κ3) is 2.79. The summed E-state index contributed by atoms with van der Waals surface area (Å²) in [7, 11) is 0. The van der Waals surface area contributed by atoms with Crippen LogP contribution in [-0.4, -0.2) is 6.10 Å². The molecule has 0 N–H and O–H groups in total. The molecule has 0 amide bonds. The lowest BCUT2D eigenvalue weighted by Crippen LogP contribution is -2.08. The van der Waals surface area contributed by atoms with Crippen LogP contribution in [0.4, 0.5) is 8.78 Å². The average Bonchev–Trinajstić information content (AvgIpc) is 1.96. The van der Waals surface area contributed by atoms with Gasteiger partial charge in [0.05, 0.1) is 6.10 Å². The van der Waals surface area contributed by atoms with Crippen LogP contribution in [0, 0.1) is 15.2 Å². The molecule has 0 radical (unpaired) electrons. The van der Waals surface area contributed by atoms with Crippen LogP contribution in [0.5, 0.6) is 5.75 Å². The Morgan fingerprint density at radius 1 is 1.23 bits per heavy atom. The molecule has 0 heterocycles. The van der Waals surface area contributed by atoms with E-state index in [-0.39, 0.29) is 11.9 Å². The lowest BCUT2D eigenvalue weighted by molar-refractivity contribution is 0.219. The van der Waals surface area contributed by atoms with Crippen molar-refractivity contribution in [2.24, 2.45) is 0 Å². The van der Waals surface area contributed by atoms with E-state index in [0.29, 0.717) is 3.57 Å². The van der Waals surface area contributed by atoms with E-state index in [1.165, 1.54) is 12.1 Å². The zero-order valence-corrected chi connectivity index (χ0v) is 9.43. The Hall–Kier alpha value is -0.390. The molecule has 1 nitrogen and oxygen atoms in total. The Kier molecular flexibility index (Phi) is 3.47. The Morgan fingerprint density at radius 2 is 1.69 bits per heavy atom. The van der Waals surface area contributed by atoms with Gasteiger partial charge in [-0.3, -0.25) is 0 Å². The molecule has 13 heavy (non-hydrogen) atoms. The highest BCUT2D eigenvalue weighted by molar-refractivity contribution is 14.1. The van der Waals surface area contributed by atoms with Gasteiger partial charge < -0.3 is 4.74 Å². The molecule has 0 bridgehead atoms. The van der Waals surface area contributed by atoms with Gasteiger partial charge in [0.2, 0.25) is 0 Å². The smallest absolute Gasteiger partial charge is 0.191 e. The fraction of sp³-hybridized carbons (Fsp3) is 0.333. The lowest BCUT2D eigenvalue weighted by atomic mass is 10.3. The monoisotopic (exact) mass is 298 g/mol. The second kappa shape index (κ2) is 4.21. The third-order valence-electron chi connectivity index (χ3n) is 1.32. The summed E-state index contributed by atoms with van der Waals surface area (Å²) in [4.78, 5) is 0. The van der Waals surface area contributed by atoms with Crippen molar-refractivity contribution < 1.29 is 13.5 Å². The summed E-state index contributed by atoms with van der Waals surface area (Å²) < 4.78 is 31.7. The minimum Gasteiger partial charge on any atom is -0.485 e. The Bertz CT molecular complexity index is 289. The maximum absolute atomic E-state index is 13.1. The van der Waals surface area contributed by atoms with E-state index in [0.717, 1.165) is 0 Å². The van der Waals surface area contributed by atoms with Crippen molar-refractivity contribution in [2.45, 2.75) is 20.0 Å². The largest absolute Gasteiger partial charge is 0.485 e. The van der Waals surface area contributed by atoms with Crippen molar-refractivity contribution in [1.82, 2.24) is 0 Å². The number of benzene rings is 1. The summed E-state index contributed by atoms with van der Waals surface area (Å²) in [6.45, 7) is 3.44. The third-order valence-corrected chi connectivity index (χ3v) is 1.94. The molecule has 0 aliphatic carbocycles. The molecule has 4 heteroatoms. The number of halogens is 3. The maximum Gasteiger partial charge on any atom is 0.191 e. The summed E-state index contributed by atoms with van der Waals surface area (Å²) in [6.07, 6.45) is -0.232. The molecule has 1 rings (SSSR count). The predicted molar refractivity (Wildman–Crippen MR) is 54.8 cm³/mol. The van der Waals surface area contributed by atoms with Crippen molar-refractivity contribution in [1.29, 1.82) is 0 Å². The van der Waals surface area contributed by atoms with Gasteiger partial charge >= 0.3 is 0 Å². The van der Waals surface area contributed by atoms with Gasteiger partial charge in [0.15, 0.2) is 17.4 Å². The number of hydrogen-bond acceptors (Lipinski definition) is 1. The van der Waals surface area contributed by atoms with Gasteiger partial charge in [0, 0.05) is 3.57 Å². The van der Waals surface area contributed by atoms with E-state index in [2.05, 4.69) is 0 Å². The minimum absolute atomic E-state index is 0.232. The highest BCUT2D eigenvalue weighted by Crippen LogP contribution is 2.24. The van der Waals surface area contributed by atoms with E-state index >= 15 is 0 Å². The quantitative estimate of drug-likeness (QED) is 0.761. The second-order valence-corrected chi connectivity index (χ2v) is 4.11. The van der Waals surface area contributed by atoms with E-state index < -0.39 is 11.6 Å². The van der Waals surface area contributed by atoms with Gasteiger partial charge in [-0.1, -0.05) is 0 Å². The summed E-state index contributed by atoms with van der Waals surface area (Å²) in [6, 6.07) is 2.47. The fourth-order valence-electron chi connectivity index (χ4n) is 0.877. The number of rotatable bonds is 2. The van der Waals surface area contributed by atoms with Gasteiger partial charge in [0.1, 0.15) is 0 Å². The van der Waals surface area contributed by atoms with E-state index in [1.54, 1.807) is 13.8 Å². The first-order chi connectivity index (χ1) is 6.00. The molecule has 0 saturated heterocycles. The van der Waals surface area contributed by atoms with E-state index in [9.17, 15) is 8.78 Å². The molecule has 0 spiro atoms. The SMILES string of the molecule is CC(C)Oc1c(F)cc(I)cc1F. The van der Waals surface area contributed by atoms with Crippen molar-refractivity contribution in [3.8, 4) is 5.75 Å². The minimum atomic E-state index is -0.655. The first-order valence-electron chi connectivity index (χ1n) is 3.82. The molecule has 0 aromatic heterocycles. The predicted octanol–water partition coefficient (Wildman–Crippen LogP) is 3.36. The van der Waals surface area contributed by atoms with E-state index in [1.807, 2.05) is 22.6 Å². The zero-order chi connectivity index (χ0) is 10.0. The molecule has 0 fully saturated rings. The van der Waals surface area contributed by atoms with E-state index in [4.69, 9.17) is 4.74 Å². The van der Waals surface area contributed by atoms with Crippen molar-refractivity contribution in [3.05, 3.63) is 27.3 Å². The van der Waals surface area contributed by atoms with Gasteiger partial charge in [-0.15, -0.1) is 0 Å². The molecule has 0 saturated carbocycles. The van der Waals surface area contributed by atoms with Crippen LogP contribution in [0.3, 0.4) is 0 Å². The van der Waals surface area contributed by atoms with Crippen LogP contribution >= 0.6 is 22.6 Å². The summed E-state index contributed by atoms with van der Waals surface area (Å²) in [5.74, 6) is -1.60. The second-order valence-electron chi connectivity index (χ2n) is 2.87. The fourth-order valence-corrected chi connectivity index (χ4v) is 1.42.